The van der Waals surface area contributed by atoms with Crippen LogP contribution in [0.3, 0.4) is 0 Å². The van der Waals surface area contributed by atoms with E-state index in [0.29, 0.717) is 44.0 Å². The molecule has 0 spiro atoms. The van der Waals surface area contributed by atoms with E-state index in [0.717, 1.165) is 12.8 Å². The van der Waals surface area contributed by atoms with Gasteiger partial charge in [0, 0.05) is 37.6 Å². The summed E-state index contributed by atoms with van der Waals surface area (Å²) >= 11 is 5.82. The van der Waals surface area contributed by atoms with Crippen LogP contribution >= 0.6 is 11.6 Å². The number of carbonyl (C=O) groups is 1. The SMILES string of the molecule is CCCCC(=O)N1CCCN(S(=O)(=O)c2ccc(Cl)cc2)CC1. The molecule has 1 aliphatic heterocycles. The Morgan fingerprint density at radius 3 is 2.48 bits per heavy atom. The molecule has 1 aromatic rings. The van der Waals surface area contributed by atoms with Gasteiger partial charge in [0.25, 0.3) is 0 Å². The highest BCUT2D eigenvalue weighted by Crippen LogP contribution is 2.20. The van der Waals surface area contributed by atoms with Gasteiger partial charge in [-0.25, -0.2) is 8.42 Å². The lowest BCUT2D eigenvalue weighted by Gasteiger charge is -2.22. The van der Waals surface area contributed by atoms with Crippen molar-refractivity contribution in [1.29, 1.82) is 0 Å². The van der Waals surface area contributed by atoms with E-state index in [1.54, 1.807) is 17.0 Å². The van der Waals surface area contributed by atoms with Crippen molar-refractivity contribution >= 4 is 27.5 Å². The number of rotatable bonds is 5. The first-order valence-electron chi connectivity index (χ1n) is 7.98. The minimum Gasteiger partial charge on any atom is -0.341 e. The van der Waals surface area contributed by atoms with Gasteiger partial charge in [-0.05, 0) is 37.1 Å². The molecule has 0 unspecified atom stereocenters. The number of hydrogen-bond acceptors (Lipinski definition) is 3. The normalized spacial score (nSPS) is 17.0. The lowest BCUT2D eigenvalue weighted by molar-refractivity contribution is -0.131. The Labute approximate surface area is 143 Å². The lowest BCUT2D eigenvalue weighted by atomic mass is 10.2. The van der Waals surface area contributed by atoms with Crippen molar-refractivity contribution in [2.45, 2.75) is 37.5 Å². The summed E-state index contributed by atoms with van der Waals surface area (Å²) in [5, 5.41) is 0.507. The molecule has 1 fully saturated rings. The maximum absolute atomic E-state index is 12.7. The standard InChI is InChI=1S/C16H23ClN2O3S/c1-2-3-5-16(20)18-10-4-11-19(13-12-18)23(21,22)15-8-6-14(17)7-9-15/h6-9H,2-5,10-13H2,1H3. The molecule has 0 saturated carbocycles. The molecule has 1 aromatic carbocycles. The number of halogens is 1. The van der Waals surface area contributed by atoms with Crippen molar-refractivity contribution < 1.29 is 13.2 Å². The summed E-state index contributed by atoms with van der Waals surface area (Å²) in [5.41, 5.74) is 0. The maximum Gasteiger partial charge on any atom is 0.243 e. The molecule has 0 N–H and O–H groups in total. The maximum atomic E-state index is 12.7. The second-order valence-electron chi connectivity index (χ2n) is 5.70. The Kier molecular flexibility index (Phi) is 6.44. The average Bonchev–Trinajstić information content (AvgIpc) is 2.79. The molecule has 23 heavy (non-hydrogen) atoms. The molecule has 5 nitrogen and oxygen atoms in total. The molecule has 0 radical (unpaired) electrons. The monoisotopic (exact) mass is 358 g/mol. The van der Waals surface area contributed by atoms with E-state index in [4.69, 9.17) is 11.6 Å². The van der Waals surface area contributed by atoms with Gasteiger partial charge in [0.15, 0.2) is 0 Å². The number of nitrogens with zero attached hydrogens (tertiary/aromatic N) is 2. The molecule has 1 heterocycles. The molecule has 1 aliphatic rings. The Hall–Kier alpha value is -1.11. The van der Waals surface area contributed by atoms with E-state index < -0.39 is 10.0 Å². The molecule has 128 valence electrons. The van der Waals surface area contributed by atoms with Crippen LogP contribution < -0.4 is 0 Å². The molecule has 0 aliphatic carbocycles. The highest BCUT2D eigenvalue weighted by Gasteiger charge is 2.27. The molecular formula is C16H23ClN2O3S. The van der Waals surface area contributed by atoms with Crippen LogP contribution in [0, 0.1) is 0 Å². The quantitative estimate of drug-likeness (QED) is 0.813. The van der Waals surface area contributed by atoms with Crippen LogP contribution in [0.1, 0.15) is 32.6 Å². The van der Waals surface area contributed by atoms with E-state index in [2.05, 4.69) is 6.92 Å². The van der Waals surface area contributed by atoms with Crippen LogP contribution in [0.15, 0.2) is 29.2 Å². The number of carbonyl (C=O) groups excluding carboxylic acids is 1. The lowest BCUT2D eigenvalue weighted by Crippen LogP contribution is -2.37. The average molecular weight is 359 g/mol. The smallest absolute Gasteiger partial charge is 0.243 e. The first-order valence-corrected chi connectivity index (χ1v) is 9.80. The molecule has 0 aromatic heterocycles. The van der Waals surface area contributed by atoms with Crippen molar-refractivity contribution in [2.24, 2.45) is 0 Å². The molecule has 7 heteroatoms. The van der Waals surface area contributed by atoms with Gasteiger partial charge in [0.2, 0.25) is 15.9 Å². The Bertz CT molecular complexity index is 631. The van der Waals surface area contributed by atoms with Crippen LogP contribution in [0.4, 0.5) is 0 Å². The fraction of sp³-hybridized carbons (Fsp3) is 0.562. The van der Waals surface area contributed by atoms with Gasteiger partial charge < -0.3 is 4.90 Å². The Morgan fingerprint density at radius 2 is 1.83 bits per heavy atom. The summed E-state index contributed by atoms with van der Waals surface area (Å²) in [4.78, 5) is 14.1. The summed E-state index contributed by atoms with van der Waals surface area (Å²) in [6.07, 6.45) is 3.06. The summed E-state index contributed by atoms with van der Waals surface area (Å²) in [6, 6.07) is 6.19. The summed E-state index contributed by atoms with van der Waals surface area (Å²) < 4.78 is 26.8. The molecule has 2 rings (SSSR count). The number of hydrogen-bond donors (Lipinski definition) is 0. The van der Waals surface area contributed by atoms with Crippen LogP contribution in [0.25, 0.3) is 0 Å². The van der Waals surface area contributed by atoms with E-state index in [1.807, 2.05) is 0 Å². The molecule has 1 saturated heterocycles. The largest absolute Gasteiger partial charge is 0.341 e. The van der Waals surface area contributed by atoms with E-state index in [-0.39, 0.29) is 10.8 Å². The van der Waals surface area contributed by atoms with E-state index >= 15 is 0 Å². The van der Waals surface area contributed by atoms with Gasteiger partial charge in [-0.1, -0.05) is 24.9 Å². The van der Waals surface area contributed by atoms with Gasteiger partial charge in [0.05, 0.1) is 4.90 Å². The topological polar surface area (TPSA) is 57.7 Å². The zero-order valence-electron chi connectivity index (χ0n) is 13.4. The molecular weight excluding hydrogens is 336 g/mol. The minimum atomic E-state index is -3.53. The summed E-state index contributed by atoms with van der Waals surface area (Å²) in [7, 11) is -3.53. The third-order valence-electron chi connectivity index (χ3n) is 4.00. The van der Waals surface area contributed by atoms with Crippen molar-refractivity contribution in [3.8, 4) is 0 Å². The van der Waals surface area contributed by atoms with Gasteiger partial charge in [-0.2, -0.15) is 4.31 Å². The van der Waals surface area contributed by atoms with E-state index in [1.165, 1.54) is 16.4 Å². The van der Waals surface area contributed by atoms with E-state index in [9.17, 15) is 13.2 Å². The molecule has 0 bridgehead atoms. The zero-order chi connectivity index (χ0) is 16.9. The third-order valence-corrected chi connectivity index (χ3v) is 6.17. The van der Waals surface area contributed by atoms with Crippen LogP contribution in [0.5, 0.6) is 0 Å². The van der Waals surface area contributed by atoms with Gasteiger partial charge in [-0.15, -0.1) is 0 Å². The number of unbranched alkanes of at least 4 members (excludes halogenated alkanes) is 1. The van der Waals surface area contributed by atoms with Crippen molar-refractivity contribution in [3.05, 3.63) is 29.3 Å². The van der Waals surface area contributed by atoms with Crippen molar-refractivity contribution in [2.75, 3.05) is 26.2 Å². The highest BCUT2D eigenvalue weighted by atomic mass is 35.5. The second-order valence-corrected chi connectivity index (χ2v) is 8.07. The minimum absolute atomic E-state index is 0.123. The van der Waals surface area contributed by atoms with Gasteiger partial charge in [0.1, 0.15) is 0 Å². The van der Waals surface area contributed by atoms with Crippen molar-refractivity contribution in [3.63, 3.8) is 0 Å². The first kappa shape index (κ1) is 18.2. The number of benzene rings is 1. The fourth-order valence-electron chi connectivity index (χ4n) is 2.63. The second kappa shape index (κ2) is 8.13. The zero-order valence-corrected chi connectivity index (χ0v) is 14.9. The van der Waals surface area contributed by atoms with Crippen LogP contribution in [-0.2, 0) is 14.8 Å². The Morgan fingerprint density at radius 1 is 1.13 bits per heavy atom. The van der Waals surface area contributed by atoms with Crippen LogP contribution in [-0.4, -0.2) is 49.7 Å². The van der Waals surface area contributed by atoms with Crippen LogP contribution in [0.2, 0.25) is 5.02 Å². The highest BCUT2D eigenvalue weighted by molar-refractivity contribution is 7.89. The third kappa shape index (κ3) is 4.68. The van der Waals surface area contributed by atoms with Crippen molar-refractivity contribution in [1.82, 2.24) is 9.21 Å². The van der Waals surface area contributed by atoms with Gasteiger partial charge >= 0.3 is 0 Å². The predicted molar refractivity (Wildman–Crippen MR) is 90.9 cm³/mol. The molecule has 1 amide bonds. The number of amides is 1. The summed E-state index contributed by atoms with van der Waals surface area (Å²) in [5.74, 6) is 0.123. The van der Waals surface area contributed by atoms with Gasteiger partial charge in [-0.3, -0.25) is 4.79 Å². The summed E-state index contributed by atoms with van der Waals surface area (Å²) in [6.45, 7) is 3.89. The first-order chi connectivity index (χ1) is 10.9. The molecule has 0 atom stereocenters. The fourth-order valence-corrected chi connectivity index (χ4v) is 4.22. The number of sulfonamides is 1. The Balaban J connectivity index is 2.04. The predicted octanol–water partition coefficient (Wildman–Crippen LogP) is 2.75.